The SMILES string of the molecule is O=C(Cn1cnc2ccccc2c1=O)NC[C@H]1CCOC1. The van der Waals surface area contributed by atoms with Gasteiger partial charge in [-0.15, -0.1) is 0 Å². The number of amides is 1. The lowest BCUT2D eigenvalue weighted by atomic mass is 10.1. The zero-order valence-corrected chi connectivity index (χ0v) is 11.6. The van der Waals surface area contributed by atoms with Crippen LogP contribution in [0.5, 0.6) is 0 Å². The second-order valence-electron chi connectivity index (χ2n) is 5.23. The fourth-order valence-corrected chi connectivity index (χ4v) is 2.43. The van der Waals surface area contributed by atoms with Crippen molar-refractivity contribution in [2.45, 2.75) is 13.0 Å². The number of hydrogen-bond acceptors (Lipinski definition) is 4. The molecule has 0 radical (unpaired) electrons. The molecule has 21 heavy (non-hydrogen) atoms. The van der Waals surface area contributed by atoms with Crippen molar-refractivity contribution in [1.29, 1.82) is 0 Å². The van der Waals surface area contributed by atoms with E-state index in [9.17, 15) is 9.59 Å². The Morgan fingerprint density at radius 2 is 2.29 bits per heavy atom. The summed E-state index contributed by atoms with van der Waals surface area (Å²) in [5, 5.41) is 3.37. The molecular formula is C15H17N3O3. The lowest BCUT2D eigenvalue weighted by Crippen LogP contribution is -2.35. The minimum atomic E-state index is -0.194. The summed E-state index contributed by atoms with van der Waals surface area (Å²) in [5.74, 6) is 0.196. The Morgan fingerprint density at radius 1 is 1.43 bits per heavy atom. The number of benzene rings is 1. The monoisotopic (exact) mass is 287 g/mol. The van der Waals surface area contributed by atoms with E-state index in [0.29, 0.717) is 30.0 Å². The number of nitrogens with one attached hydrogen (secondary N) is 1. The van der Waals surface area contributed by atoms with Gasteiger partial charge in [-0.2, -0.15) is 0 Å². The third-order valence-corrected chi connectivity index (χ3v) is 3.66. The van der Waals surface area contributed by atoms with Crippen LogP contribution in [0.3, 0.4) is 0 Å². The highest BCUT2D eigenvalue weighted by atomic mass is 16.5. The van der Waals surface area contributed by atoms with Crippen molar-refractivity contribution in [3.63, 3.8) is 0 Å². The molecule has 0 aliphatic carbocycles. The molecule has 3 rings (SSSR count). The highest BCUT2D eigenvalue weighted by Gasteiger charge is 2.16. The average molecular weight is 287 g/mol. The molecule has 1 aliphatic heterocycles. The number of carbonyl (C=O) groups excluding carboxylic acids is 1. The standard InChI is InChI=1S/C15H17N3O3/c19-14(16-7-11-5-6-21-9-11)8-18-10-17-13-4-2-1-3-12(13)15(18)20/h1-4,10-11H,5-9H2,(H,16,19)/t11-/m1/s1. The van der Waals surface area contributed by atoms with Crippen molar-refractivity contribution < 1.29 is 9.53 Å². The number of nitrogens with zero attached hydrogens (tertiary/aromatic N) is 2. The quantitative estimate of drug-likeness (QED) is 0.891. The van der Waals surface area contributed by atoms with Crippen molar-refractivity contribution in [3.05, 3.63) is 40.9 Å². The van der Waals surface area contributed by atoms with E-state index < -0.39 is 0 Å². The molecule has 1 amide bonds. The Hall–Kier alpha value is -2.21. The number of carbonyl (C=O) groups is 1. The highest BCUT2D eigenvalue weighted by Crippen LogP contribution is 2.10. The van der Waals surface area contributed by atoms with Crippen LogP contribution in [0.2, 0.25) is 0 Å². The minimum Gasteiger partial charge on any atom is -0.381 e. The van der Waals surface area contributed by atoms with Gasteiger partial charge in [-0.3, -0.25) is 14.2 Å². The summed E-state index contributed by atoms with van der Waals surface area (Å²) in [7, 11) is 0. The van der Waals surface area contributed by atoms with Gasteiger partial charge in [-0.1, -0.05) is 12.1 Å². The summed E-state index contributed by atoms with van der Waals surface area (Å²) in [6.45, 7) is 2.03. The van der Waals surface area contributed by atoms with Crippen LogP contribution >= 0.6 is 0 Å². The molecule has 1 aromatic heterocycles. The van der Waals surface area contributed by atoms with Crippen LogP contribution in [0, 0.1) is 5.92 Å². The Bertz CT molecular complexity index is 705. The fourth-order valence-electron chi connectivity index (χ4n) is 2.43. The maximum absolute atomic E-state index is 12.2. The van der Waals surface area contributed by atoms with Gasteiger partial charge in [0.1, 0.15) is 6.54 Å². The normalized spacial score (nSPS) is 18.0. The van der Waals surface area contributed by atoms with Crippen molar-refractivity contribution >= 4 is 16.8 Å². The largest absolute Gasteiger partial charge is 0.381 e. The molecule has 0 spiro atoms. The lowest BCUT2D eigenvalue weighted by molar-refractivity contribution is -0.121. The Kier molecular flexibility index (Phi) is 3.96. The molecule has 1 atom stereocenters. The second-order valence-corrected chi connectivity index (χ2v) is 5.23. The molecule has 0 saturated carbocycles. The Labute approximate surface area is 121 Å². The van der Waals surface area contributed by atoms with Crippen LogP contribution in [0.4, 0.5) is 0 Å². The van der Waals surface area contributed by atoms with Crippen LogP contribution in [0.25, 0.3) is 10.9 Å². The summed E-state index contributed by atoms with van der Waals surface area (Å²) in [4.78, 5) is 28.4. The van der Waals surface area contributed by atoms with Gasteiger partial charge in [-0.05, 0) is 18.6 Å². The molecule has 1 N–H and O–H groups in total. The summed E-state index contributed by atoms with van der Waals surface area (Å²) >= 11 is 0. The van der Waals surface area contributed by atoms with Crippen LogP contribution in [-0.4, -0.2) is 35.2 Å². The number of aromatic nitrogens is 2. The Balaban J connectivity index is 1.68. The second kappa shape index (κ2) is 6.05. The lowest BCUT2D eigenvalue weighted by Gasteiger charge is -2.10. The minimum absolute atomic E-state index is 0.00968. The van der Waals surface area contributed by atoms with E-state index in [1.165, 1.54) is 10.9 Å². The number of rotatable bonds is 4. The predicted octanol–water partition coefficient (Wildman–Crippen LogP) is 0.549. The molecule has 1 aromatic carbocycles. The molecule has 0 unspecified atom stereocenters. The average Bonchev–Trinajstić information content (AvgIpc) is 3.02. The Morgan fingerprint density at radius 3 is 3.10 bits per heavy atom. The molecule has 2 heterocycles. The van der Waals surface area contributed by atoms with Crippen molar-refractivity contribution in [2.75, 3.05) is 19.8 Å². The third-order valence-electron chi connectivity index (χ3n) is 3.66. The molecule has 1 saturated heterocycles. The van der Waals surface area contributed by atoms with Crippen LogP contribution < -0.4 is 10.9 Å². The number of hydrogen-bond donors (Lipinski definition) is 1. The topological polar surface area (TPSA) is 73.2 Å². The first-order chi connectivity index (χ1) is 10.2. The summed E-state index contributed by atoms with van der Waals surface area (Å²) in [6.07, 6.45) is 2.39. The van der Waals surface area contributed by atoms with Gasteiger partial charge >= 0.3 is 0 Å². The van der Waals surface area contributed by atoms with E-state index in [2.05, 4.69) is 10.3 Å². The first-order valence-electron chi connectivity index (χ1n) is 7.02. The van der Waals surface area contributed by atoms with Crippen LogP contribution in [0.15, 0.2) is 35.4 Å². The third kappa shape index (κ3) is 3.11. The molecule has 6 heteroatoms. The summed E-state index contributed by atoms with van der Waals surface area (Å²) < 4.78 is 6.59. The van der Waals surface area contributed by atoms with Gasteiger partial charge in [-0.25, -0.2) is 4.98 Å². The fraction of sp³-hybridized carbons (Fsp3) is 0.400. The molecule has 2 aromatic rings. The van der Waals surface area contributed by atoms with Crippen LogP contribution in [-0.2, 0) is 16.1 Å². The zero-order chi connectivity index (χ0) is 14.7. The van der Waals surface area contributed by atoms with Crippen LogP contribution in [0.1, 0.15) is 6.42 Å². The van der Waals surface area contributed by atoms with Gasteiger partial charge < -0.3 is 10.1 Å². The zero-order valence-electron chi connectivity index (χ0n) is 11.6. The first-order valence-corrected chi connectivity index (χ1v) is 7.02. The molecule has 6 nitrogen and oxygen atoms in total. The maximum Gasteiger partial charge on any atom is 0.261 e. The van der Waals surface area contributed by atoms with E-state index in [1.54, 1.807) is 18.2 Å². The van der Waals surface area contributed by atoms with Gasteiger partial charge in [0.25, 0.3) is 5.56 Å². The van der Waals surface area contributed by atoms with E-state index in [0.717, 1.165) is 13.0 Å². The van der Waals surface area contributed by atoms with Crippen molar-refractivity contribution in [1.82, 2.24) is 14.9 Å². The van der Waals surface area contributed by atoms with Gasteiger partial charge in [0.05, 0.1) is 23.8 Å². The van der Waals surface area contributed by atoms with E-state index >= 15 is 0 Å². The summed E-state index contributed by atoms with van der Waals surface area (Å²) in [6, 6.07) is 7.11. The van der Waals surface area contributed by atoms with E-state index in [-0.39, 0.29) is 18.0 Å². The number of para-hydroxylation sites is 1. The molecule has 0 bridgehead atoms. The van der Waals surface area contributed by atoms with E-state index in [1.807, 2.05) is 6.07 Å². The predicted molar refractivity (Wildman–Crippen MR) is 77.9 cm³/mol. The molecule has 1 aliphatic rings. The van der Waals surface area contributed by atoms with Crippen molar-refractivity contribution in [3.8, 4) is 0 Å². The van der Waals surface area contributed by atoms with Crippen molar-refractivity contribution in [2.24, 2.45) is 5.92 Å². The summed E-state index contributed by atoms with van der Waals surface area (Å²) in [5.41, 5.74) is 0.446. The van der Waals surface area contributed by atoms with Gasteiger partial charge in [0.2, 0.25) is 5.91 Å². The highest BCUT2D eigenvalue weighted by molar-refractivity contribution is 5.78. The molecule has 1 fully saturated rings. The molecule has 110 valence electrons. The smallest absolute Gasteiger partial charge is 0.261 e. The van der Waals surface area contributed by atoms with Gasteiger partial charge in [0.15, 0.2) is 0 Å². The number of fused-ring (bicyclic) bond motifs is 1. The number of ether oxygens (including phenoxy) is 1. The van der Waals surface area contributed by atoms with E-state index in [4.69, 9.17) is 4.74 Å². The first kappa shape index (κ1) is 13.8. The molecular weight excluding hydrogens is 270 g/mol. The maximum atomic E-state index is 12.2. The van der Waals surface area contributed by atoms with Gasteiger partial charge in [0, 0.05) is 19.1 Å².